The number of rotatable bonds is 8. The van der Waals surface area contributed by atoms with Gasteiger partial charge in [0.25, 0.3) is 0 Å². The summed E-state index contributed by atoms with van der Waals surface area (Å²) in [6.07, 6.45) is 3.87. The Hall–Kier alpha value is -0.120. The quantitative estimate of drug-likeness (QED) is 0.706. The maximum absolute atomic E-state index is 5.65. The molecule has 0 aromatic heterocycles. The molecule has 0 aromatic carbocycles. The molecule has 102 valence electrons. The monoisotopic (exact) mass is 242 g/mol. The standard InChI is InChI=1S/C14H30N2O/c1-5-9-15-13(12-17-6-2)14(3,4)16-10-7-8-11-16/h13,15H,5-12H2,1-4H3. The van der Waals surface area contributed by atoms with E-state index >= 15 is 0 Å². The van der Waals surface area contributed by atoms with Crippen molar-refractivity contribution in [2.75, 3.05) is 32.8 Å². The third kappa shape index (κ3) is 4.23. The zero-order valence-corrected chi connectivity index (χ0v) is 12.1. The van der Waals surface area contributed by atoms with E-state index in [4.69, 9.17) is 4.74 Å². The summed E-state index contributed by atoms with van der Waals surface area (Å²) in [4.78, 5) is 2.61. The molecule has 17 heavy (non-hydrogen) atoms. The first-order valence-electron chi connectivity index (χ1n) is 7.19. The van der Waals surface area contributed by atoms with Crippen LogP contribution < -0.4 is 5.32 Å². The number of nitrogens with zero attached hydrogens (tertiary/aromatic N) is 1. The fourth-order valence-corrected chi connectivity index (χ4v) is 2.58. The molecule has 0 saturated carbocycles. The molecule has 0 aromatic rings. The summed E-state index contributed by atoms with van der Waals surface area (Å²) in [5.41, 5.74) is 0.195. The highest BCUT2D eigenvalue weighted by molar-refractivity contribution is 4.95. The van der Waals surface area contributed by atoms with Gasteiger partial charge in [0.15, 0.2) is 0 Å². The molecule has 1 aliphatic heterocycles. The molecule has 1 heterocycles. The van der Waals surface area contributed by atoms with Crippen molar-refractivity contribution in [1.82, 2.24) is 10.2 Å². The van der Waals surface area contributed by atoms with Crippen molar-refractivity contribution in [1.29, 1.82) is 0 Å². The molecule has 0 radical (unpaired) electrons. The van der Waals surface area contributed by atoms with E-state index in [1.807, 2.05) is 0 Å². The minimum atomic E-state index is 0.195. The maximum atomic E-state index is 5.65. The van der Waals surface area contributed by atoms with Crippen LogP contribution in [0.2, 0.25) is 0 Å². The third-order valence-corrected chi connectivity index (χ3v) is 3.90. The zero-order chi connectivity index (χ0) is 12.7. The number of nitrogens with one attached hydrogen (secondary N) is 1. The lowest BCUT2D eigenvalue weighted by molar-refractivity contribution is 0.0408. The third-order valence-electron chi connectivity index (χ3n) is 3.90. The zero-order valence-electron chi connectivity index (χ0n) is 12.1. The molecule has 3 heteroatoms. The Morgan fingerprint density at radius 2 is 1.88 bits per heavy atom. The average molecular weight is 242 g/mol. The van der Waals surface area contributed by atoms with Gasteiger partial charge in [0.05, 0.1) is 6.61 Å². The highest BCUT2D eigenvalue weighted by atomic mass is 16.5. The van der Waals surface area contributed by atoms with Gasteiger partial charge in [-0.05, 0) is 59.7 Å². The molecule has 1 unspecified atom stereocenters. The molecule has 0 aliphatic carbocycles. The van der Waals surface area contributed by atoms with Crippen molar-refractivity contribution in [3.05, 3.63) is 0 Å². The summed E-state index contributed by atoms with van der Waals surface area (Å²) in [5, 5.41) is 3.65. The van der Waals surface area contributed by atoms with E-state index < -0.39 is 0 Å². The van der Waals surface area contributed by atoms with Crippen LogP contribution in [0.5, 0.6) is 0 Å². The maximum Gasteiger partial charge on any atom is 0.0637 e. The fourth-order valence-electron chi connectivity index (χ4n) is 2.58. The second-order valence-electron chi connectivity index (χ2n) is 5.51. The van der Waals surface area contributed by atoms with Gasteiger partial charge in [-0.25, -0.2) is 0 Å². The Balaban J connectivity index is 2.57. The Morgan fingerprint density at radius 1 is 1.24 bits per heavy atom. The topological polar surface area (TPSA) is 24.5 Å². The minimum Gasteiger partial charge on any atom is -0.380 e. The number of hydrogen-bond acceptors (Lipinski definition) is 3. The van der Waals surface area contributed by atoms with Crippen LogP contribution in [0, 0.1) is 0 Å². The lowest BCUT2D eigenvalue weighted by atomic mass is 9.93. The summed E-state index contributed by atoms with van der Waals surface area (Å²) >= 11 is 0. The van der Waals surface area contributed by atoms with Crippen LogP contribution in [0.3, 0.4) is 0 Å². The van der Waals surface area contributed by atoms with Crippen LogP contribution in [0.1, 0.15) is 47.0 Å². The molecule has 0 spiro atoms. The van der Waals surface area contributed by atoms with E-state index in [2.05, 4.69) is 37.9 Å². The predicted molar refractivity (Wildman–Crippen MR) is 73.5 cm³/mol. The molecule has 1 atom stereocenters. The van der Waals surface area contributed by atoms with Crippen LogP contribution in [-0.2, 0) is 4.74 Å². The Labute approximate surface area is 107 Å². The Morgan fingerprint density at radius 3 is 2.41 bits per heavy atom. The van der Waals surface area contributed by atoms with Crippen LogP contribution >= 0.6 is 0 Å². The van der Waals surface area contributed by atoms with Gasteiger partial charge < -0.3 is 10.1 Å². The van der Waals surface area contributed by atoms with Crippen LogP contribution in [0.25, 0.3) is 0 Å². The van der Waals surface area contributed by atoms with Crippen molar-refractivity contribution in [2.24, 2.45) is 0 Å². The second kappa shape index (κ2) is 7.34. The summed E-state index contributed by atoms with van der Waals surface area (Å²) in [6, 6.07) is 0.431. The molecule has 1 aliphatic rings. The summed E-state index contributed by atoms with van der Waals surface area (Å²) in [5.74, 6) is 0. The largest absolute Gasteiger partial charge is 0.380 e. The Kier molecular flexibility index (Phi) is 6.45. The molecular formula is C14H30N2O. The van der Waals surface area contributed by atoms with Gasteiger partial charge in [-0.3, -0.25) is 4.90 Å². The van der Waals surface area contributed by atoms with E-state index in [9.17, 15) is 0 Å². The van der Waals surface area contributed by atoms with Gasteiger partial charge >= 0.3 is 0 Å². The van der Waals surface area contributed by atoms with Crippen LogP contribution in [0.4, 0.5) is 0 Å². The number of hydrogen-bond donors (Lipinski definition) is 1. The normalized spacial score (nSPS) is 19.8. The molecule has 0 amide bonds. The summed E-state index contributed by atoms with van der Waals surface area (Å²) < 4.78 is 5.65. The van der Waals surface area contributed by atoms with Crippen LogP contribution in [0.15, 0.2) is 0 Å². The van der Waals surface area contributed by atoms with Crippen LogP contribution in [-0.4, -0.2) is 49.3 Å². The van der Waals surface area contributed by atoms with E-state index in [0.717, 1.165) is 19.8 Å². The molecular weight excluding hydrogens is 212 g/mol. The smallest absolute Gasteiger partial charge is 0.0637 e. The van der Waals surface area contributed by atoms with E-state index in [1.165, 1.54) is 32.4 Å². The van der Waals surface area contributed by atoms with Gasteiger partial charge in [-0.2, -0.15) is 0 Å². The first-order valence-corrected chi connectivity index (χ1v) is 7.19. The molecule has 1 fully saturated rings. The highest BCUT2D eigenvalue weighted by Crippen LogP contribution is 2.24. The van der Waals surface area contributed by atoms with Gasteiger partial charge in [0.1, 0.15) is 0 Å². The molecule has 0 bridgehead atoms. The first-order chi connectivity index (χ1) is 8.12. The van der Waals surface area contributed by atoms with E-state index in [-0.39, 0.29) is 5.54 Å². The molecule has 1 saturated heterocycles. The van der Waals surface area contributed by atoms with Crippen molar-refractivity contribution < 1.29 is 4.74 Å². The summed E-state index contributed by atoms with van der Waals surface area (Å²) in [6.45, 7) is 14.2. The lowest BCUT2D eigenvalue weighted by Crippen LogP contribution is -2.59. The fraction of sp³-hybridized carbons (Fsp3) is 1.00. The lowest BCUT2D eigenvalue weighted by Gasteiger charge is -2.42. The van der Waals surface area contributed by atoms with Gasteiger partial charge in [-0.15, -0.1) is 0 Å². The van der Waals surface area contributed by atoms with Crippen molar-refractivity contribution >= 4 is 0 Å². The summed E-state index contributed by atoms with van der Waals surface area (Å²) in [7, 11) is 0. The van der Waals surface area contributed by atoms with Crippen molar-refractivity contribution in [3.8, 4) is 0 Å². The number of ether oxygens (including phenoxy) is 1. The molecule has 1 rings (SSSR count). The van der Waals surface area contributed by atoms with Crippen molar-refractivity contribution in [3.63, 3.8) is 0 Å². The van der Waals surface area contributed by atoms with E-state index in [0.29, 0.717) is 6.04 Å². The SMILES string of the molecule is CCCNC(COCC)C(C)(C)N1CCCC1. The second-order valence-corrected chi connectivity index (χ2v) is 5.51. The molecule has 1 N–H and O–H groups in total. The minimum absolute atomic E-state index is 0.195. The van der Waals surface area contributed by atoms with Gasteiger partial charge in [-0.1, -0.05) is 6.92 Å². The predicted octanol–water partition coefficient (Wildman–Crippen LogP) is 2.27. The first kappa shape index (κ1) is 14.9. The van der Waals surface area contributed by atoms with Crippen molar-refractivity contribution in [2.45, 2.75) is 58.5 Å². The van der Waals surface area contributed by atoms with E-state index in [1.54, 1.807) is 0 Å². The van der Waals surface area contributed by atoms with Gasteiger partial charge in [0, 0.05) is 18.2 Å². The Bertz CT molecular complexity index is 192. The average Bonchev–Trinajstić information content (AvgIpc) is 2.83. The molecule has 3 nitrogen and oxygen atoms in total. The number of likely N-dealkylation sites (tertiary alicyclic amines) is 1. The highest BCUT2D eigenvalue weighted by Gasteiger charge is 2.36. The van der Waals surface area contributed by atoms with Gasteiger partial charge in [0.2, 0.25) is 0 Å².